The first kappa shape index (κ1) is 13.8. The van der Waals surface area contributed by atoms with Crippen LogP contribution < -0.4 is 0 Å². The highest BCUT2D eigenvalue weighted by atomic mass is 35.5. The fourth-order valence-corrected chi connectivity index (χ4v) is 3.06. The minimum absolute atomic E-state index is 0.119. The van der Waals surface area contributed by atoms with Gasteiger partial charge in [0.15, 0.2) is 0 Å². The zero-order chi connectivity index (χ0) is 13.0. The van der Waals surface area contributed by atoms with E-state index < -0.39 is 0 Å². The lowest BCUT2D eigenvalue weighted by atomic mass is 10.0. The number of amides is 1. The summed E-state index contributed by atoms with van der Waals surface area (Å²) in [6.45, 7) is 0.834. The lowest BCUT2D eigenvalue weighted by Gasteiger charge is -2.34. The Labute approximate surface area is 118 Å². The molecule has 0 aromatic heterocycles. The second-order valence-corrected chi connectivity index (χ2v) is 5.72. The van der Waals surface area contributed by atoms with Crippen LogP contribution in [0.5, 0.6) is 0 Å². The molecule has 4 heteroatoms. The molecule has 0 saturated carbocycles. The molecule has 1 fully saturated rings. The third kappa shape index (κ3) is 3.01. The van der Waals surface area contributed by atoms with Gasteiger partial charge >= 0.3 is 0 Å². The number of nitrogens with zero attached hydrogens (tertiary/aromatic N) is 1. The molecule has 1 aromatic carbocycles. The average Bonchev–Trinajstić information content (AvgIpc) is 2.46. The number of carbonyl (C=O) groups excluding carboxylic acids is 1. The van der Waals surface area contributed by atoms with Gasteiger partial charge in [-0.15, -0.1) is 23.4 Å². The average molecular weight is 284 g/mol. The Kier molecular flexibility index (Phi) is 4.95. The first-order valence-corrected chi connectivity index (χ1v) is 8.03. The van der Waals surface area contributed by atoms with E-state index in [-0.39, 0.29) is 11.9 Å². The van der Waals surface area contributed by atoms with E-state index in [2.05, 4.69) is 0 Å². The number of likely N-dealkylation sites (tertiary alicyclic amines) is 1. The second-order valence-electron chi connectivity index (χ2n) is 4.53. The summed E-state index contributed by atoms with van der Waals surface area (Å²) >= 11 is 7.64. The minimum Gasteiger partial charge on any atom is -0.334 e. The molecule has 0 N–H and O–H groups in total. The maximum atomic E-state index is 12.4. The summed E-state index contributed by atoms with van der Waals surface area (Å²) in [5.41, 5.74) is 0.768. The van der Waals surface area contributed by atoms with Crippen molar-refractivity contribution >= 4 is 29.3 Å². The molecule has 1 saturated heterocycles. The Morgan fingerprint density at radius 2 is 2.11 bits per heavy atom. The van der Waals surface area contributed by atoms with Gasteiger partial charge in [-0.1, -0.05) is 0 Å². The van der Waals surface area contributed by atoms with Crippen molar-refractivity contribution in [3.8, 4) is 0 Å². The summed E-state index contributed by atoms with van der Waals surface area (Å²) in [6.07, 6.45) is 5.32. The van der Waals surface area contributed by atoms with Crippen molar-refractivity contribution in [2.75, 3.05) is 18.7 Å². The summed E-state index contributed by atoms with van der Waals surface area (Å²) in [4.78, 5) is 15.5. The fraction of sp³-hybridized carbons (Fsp3) is 0.500. The molecule has 2 rings (SSSR count). The number of piperidine rings is 1. The van der Waals surface area contributed by atoms with Crippen molar-refractivity contribution in [2.24, 2.45) is 0 Å². The van der Waals surface area contributed by atoms with E-state index in [1.165, 1.54) is 11.3 Å². The Balaban J connectivity index is 2.13. The van der Waals surface area contributed by atoms with Crippen LogP contribution >= 0.6 is 23.4 Å². The summed E-state index contributed by atoms with van der Waals surface area (Å²) in [6, 6.07) is 8.02. The topological polar surface area (TPSA) is 20.3 Å². The van der Waals surface area contributed by atoms with Crippen molar-refractivity contribution in [3.05, 3.63) is 29.8 Å². The zero-order valence-corrected chi connectivity index (χ0v) is 12.1. The third-order valence-electron chi connectivity index (χ3n) is 3.40. The summed E-state index contributed by atoms with van der Waals surface area (Å²) < 4.78 is 0. The molecule has 98 valence electrons. The Bertz CT molecular complexity index is 407. The number of halogens is 1. The molecule has 1 amide bonds. The largest absolute Gasteiger partial charge is 0.334 e. The van der Waals surface area contributed by atoms with Crippen LogP contribution in [0.3, 0.4) is 0 Å². The van der Waals surface area contributed by atoms with Gasteiger partial charge in [0.2, 0.25) is 0 Å². The van der Waals surface area contributed by atoms with Gasteiger partial charge in [0.05, 0.1) is 0 Å². The SMILES string of the molecule is CSc1ccc(C(=O)N2CCCCC2CCl)cc1. The van der Waals surface area contributed by atoms with Gasteiger partial charge < -0.3 is 4.90 Å². The van der Waals surface area contributed by atoms with E-state index in [1.807, 2.05) is 35.4 Å². The molecule has 2 nitrogen and oxygen atoms in total. The van der Waals surface area contributed by atoms with Crippen LogP contribution in [0, 0.1) is 0 Å². The molecule has 1 aromatic rings. The van der Waals surface area contributed by atoms with E-state index in [0.29, 0.717) is 5.88 Å². The fourth-order valence-electron chi connectivity index (χ4n) is 2.33. The van der Waals surface area contributed by atoms with Crippen LogP contribution in [-0.2, 0) is 0 Å². The van der Waals surface area contributed by atoms with Crippen LogP contribution in [0.1, 0.15) is 29.6 Å². The van der Waals surface area contributed by atoms with Crippen LogP contribution in [0.2, 0.25) is 0 Å². The Morgan fingerprint density at radius 1 is 1.39 bits per heavy atom. The number of alkyl halides is 1. The van der Waals surface area contributed by atoms with Gasteiger partial charge in [-0.05, 0) is 49.8 Å². The zero-order valence-electron chi connectivity index (χ0n) is 10.6. The quantitative estimate of drug-likeness (QED) is 0.623. The molecule has 18 heavy (non-hydrogen) atoms. The van der Waals surface area contributed by atoms with E-state index in [0.717, 1.165) is 24.9 Å². The molecule has 1 atom stereocenters. The molecule has 1 unspecified atom stereocenters. The van der Waals surface area contributed by atoms with E-state index >= 15 is 0 Å². The first-order chi connectivity index (χ1) is 8.76. The number of carbonyl (C=O) groups is 1. The van der Waals surface area contributed by atoms with E-state index in [4.69, 9.17) is 11.6 Å². The summed E-state index contributed by atoms with van der Waals surface area (Å²) in [5.74, 6) is 0.655. The molecule has 0 spiro atoms. The molecule has 0 radical (unpaired) electrons. The van der Waals surface area contributed by atoms with E-state index in [9.17, 15) is 4.79 Å². The molecule has 1 aliphatic heterocycles. The molecule has 1 aliphatic rings. The smallest absolute Gasteiger partial charge is 0.254 e. The minimum atomic E-state index is 0.119. The predicted molar refractivity (Wildman–Crippen MR) is 77.6 cm³/mol. The molecule has 0 aliphatic carbocycles. The van der Waals surface area contributed by atoms with Crippen molar-refractivity contribution in [3.63, 3.8) is 0 Å². The Hall–Kier alpha value is -0.670. The predicted octanol–water partition coefficient (Wildman–Crippen LogP) is 3.64. The first-order valence-electron chi connectivity index (χ1n) is 6.27. The van der Waals surface area contributed by atoms with Crippen molar-refractivity contribution in [1.82, 2.24) is 4.90 Å². The summed E-state index contributed by atoms with van der Waals surface area (Å²) in [5, 5.41) is 0. The van der Waals surface area contributed by atoms with Crippen LogP contribution in [0.4, 0.5) is 0 Å². The maximum Gasteiger partial charge on any atom is 0.254 e. The lowest BCUT2D eigenvalue weighted by Crippen LogP contribution is -2.44. The highest BCUT2D eigenvalue weighted by molar-refractivity contribution is 7.98. The number of hydrogen-bond donors (Lipinski definition) is 0. The van der Waals surface area contributed by atoms with Gasteiger partial charge in [0.1, 0.15) is 0 Å². The molecular formula is C14H18ClNOS. The van der Waals surface area contributed by atoms with Gasteiger partial charge in [0.25, 0.3) is 5.91 Å². The highest BCUT2D eigenvalue weighted by Gasteiger charge is 2.26. The van der Waals surface area contributed by atoms with Crippen LogP contribution in [0.15, 0.2) is 29.2 Å². The normalized spacial score (nSPS) is 19.9. The number of rotatable bonds is 3. The second kappa shape index (κ2) is 6.48. The van der Waals surface area contributed by atoms with Gasteiger partial charge in [-0.2, -0.15) is 0 Å². The van der Waals surface area contributed by atoms with Crippen LogP contribution in [-0.4, -0.2) is 35.5 Å². The van der Waals surface area contributed by atoms with Crippen molar-refractivity contribution in [1.29, 1.82) is 0 Å². The highest BCUT2D eigenvalue weighted by Crippen LogP contribution is 2.22. The molecule has 0 bridgehead atoms. The molecular weight excluding hydrogens is 266 g/mol. The summed E-state index contributed by atoms with van der Waals surface area (Å²) in [7, 11) is 0. The van der Waals surface area contributed by atoms with Gasteiger partial charge in [0, 0.05) is 28.9 Å². The monoisotopic (exact) mass is 283 g/mol. The standard InChI is InChI=1S/C14H18ClNOS/c1-18-13-7-5-11(6-8-13)14(17)16-9-3-2-4-12(16)10-15/h5-8,12H,2-4,9-10H2,1H3. The van der Waals surface area contributed by atoms with Gasteiger partial charge in [-0.3, -0.25) is 4.79 Å². The molecule has 1 heterocycles. The number of benzene rings is 1. The maximum absolute atomic E-state index is 12.4. The lowest BCUT2D eigenvalue weighted by molar-refractivity contribution is 0.0639. The number of hydrogen-bond acceptors (Lipinski definition) is 2. The van der Waals surface area contributed by atoms with Crippen molar-refractivity contribution < 1.29 is 4.79 Å². The van der Waals surface area contributed by atoms with E-state index in [1.54, 1.807) is 11.8 Å². The Morgan fingerprint density at radius 3 is 2.72 bits per heavy atom. The third-order valence-corrected chi connectivity index (χ3v) is 4.50. The van der Waals surface area contributed by atoms with Gasteiger partial charge in [-0.25, -0.2) is 0 Å². The van der Waals surface area contributed by atoms with Crippen molar-refractivity contribution in [2.45, 2.75) is 30.2 Å². The van der Waals surface area contributed by atoms with Crippen LogP contribution in [0.25, 0.3) is 0 Å². The number of thioether (sulfide) groups is 1.